The molecule has 10 heteroatoms. The van der Waals surface area contributed by atoms with Gasteiger partial charge in [0.1, 0.15) is 0 Å². The largest absolute Gasteiger partial charge is 0.466 e. The first-order valence-corrected chi connectivity index (χ1v) is 9.87. The van der Waals surface area contributed by atoms with Crippen LogP contribution in [0.5, 0.6) is 5.88 Å². The van der Waals surface area contributed by atoms with Crippen LogP contribution < -0.4 is 9.46 Å². The molecule has 1 amide bonds. The summed E-state index contributed by atoms with van der Waals surface area (Å²) in [7, 11) is -1.86. The Kier molecular flexibility index (Phi) is 6.68. The lowest BCUT2D eigenvalue weighted by molar-refractivity contribution is -0.139. The summed E-state index contributed by atoms with van der Waals surface area (Å²) in [5, 5.41) is 0. The number of piperidine rings is 1. The molecular weight excluding hydrogens is 348 g/mol. The molecule has 0 spiro atoms. The number of methoxy groups -OCH3 is 1. The molecule has 0 saturated carbocycles. The van der Waals surface area contributed by atoms with Gasteiger partial charge >= 0.3 is 0 Å². The van der Waals surface area contributed by atoms with E-state index in [2.05, 4.69) is 14.7 Å². The predicted octanol–water partition coefficient (Wildman–Crippen LogP) is -0.281. The van der Waals surface area contributed by atoms with E-state index < -0.39 is 10.0 Å². The lowest BCUT2D eigenvalue weighted by Gasteiger charge is -2.40. The Labute approximate surface area is 147 Å². The zero-order chi connectivity index (χ0) is 18.4. The summed E-state index contributed by atoms with van der Waals surface area (Å²) >= 11 is 0. The van der Waals surface area contributed by atoms with Crippen LogP contribution >= 0.6 is 0 Å². The molecule has 2 heterocycles. The van der Waals surface area contributed by atoms with E-state index >= 15 is 0 Å². The number of nitrogens with zero attached hydrogens (tertiary/aromatic N) is 3. The molecule has 1 aliphatic rings. The van der Waals surface area contributed by atoms with Crippen molar-refractivity contribution in [2.45, 2.75) is 31.8 Å². The average Bonchev–Trinajstić information content (AvgIpc) is 2.54. The number of aromatic nitrogens is 2. The molecule has 2 rings (SSSR count). The molecule has 0 aliphatic carbocycles. The zero-order valence-corrected chi connectivity index (χ0v) is 15.5. The first kappa shape index (κ1) is 19.5. The van der Waals surface area contributed by atoms with Gasteiger partial charge in [-0.05, 0) is 19.8 Å². The van der Waals surface area contributed by atoms with Gasteiger partial charge in [0.25, 0.3) is 5.91 Å². The molecule has 1 aromatic heterocycles. The van der Waals surface area contributed by atoms with E-state index in [0.29, 0.717) is 31.0 Å². The maximum atomic E-state index is 12.6. The number of rotatable bonds is 7. The molecule has 9 nitrogen and oxygen atoms in total. The second-order valence-corrected chi connectivity index (χ2v) is 7.76. The molecule has 0 bridgehead atoms. The molecule has 1 fully saturated rings. The molecule has 1 aromatic rings. The van der Waals surface area contributed by atoms with Gasteiger partial charge in [-0.15, -0.1) is 0 Å². The number of nitrogens with one attached hydrogen (secondary N) is 1. The van der Waals surface area contributed by atoms with Crippen LogP contribution in [-0.4, -0.2) is 74.4 Å². The predicted molar refractivity (Wildman–Crippen MR) is 90.6 cm³/mol. The molecule has 1 aliphatic heterocycles. The topological polar surface area (TPSA) is 111 Å². The molecule has 25 heavy (non-hydrogen) atoms. The molecule has 0 radical (unpaired) electrons. The highest BCUT2D eigenvalue weighted by atomic mass is 32.2. The summed E-state index contributed by atoms with van der Waals surface area (Å²) in [5.74, 6) is 0.0640. The fraction of sp³-hybridized carbons (Fsp3) is 0.667. The standard InChI is InChI=1S/C15H24N4O5S/c1-11-15(17-7-6-16-11)24-10-14(20)19-8-4-5-12(13(19)9-23-2)18-25(3,21)22/h6-7,12-13,18H,4-5,8-10H2,1-3H3/t12?,13-/m0/s1. The molecule has 2 atom stereocenters. The van der Waals surface area contributed by atoms with Crippen molar-refractivity contribution in [3.63, 3.8) is 0 Å². The number of hydrogen-bond donors (Lipinski definition) is 1. The maximum Gasteiger partial charge on any atom is 0.260 e. The number of aryl methyl sites for hydroxylation is 1. The molecule has 0 aromatic carbocycles. The molecule has 140 valence electrons. The Morgan fingerprint density at radius 3 is 2.76 bits per heavy atom. The van der Waals surface area contributed by atoms with Gasteiger partial charge in [0.2, 0.25) is 15.9 Å². The second kappa shape index (κ2) is 8.54. The van der Waals surface area contributed by atoms with Gasteiger partial charge in [0.05, 0.1) is 24.6 Å². The van der Waals surface area contributed by atoms with Gasteiger partial charge in [0, 0.05) is 32.1 Å². The third kappa shape index (κ3) is 5.62. The van der Waals surface area contributed by atoms with Crippen LogP contribution in [0.2, 0.25) is 0 Å². The Morgan fingerprint density at radius 2 is 2.12 bits per heavy atom. The van der Waals surface area contributed by atoms with Gasteiger partial charge in [-0.1, -0.05) is 0 Å². The molecule has 1 saturated heterocycles. The van der Waals surface area contributed by atoms with Gasteiger partial charge in [-0.25, -0.2) is 18.1 Å². The lowest BCUT2D eigenvalue weighted by atomic mass is 9.97. The van der Waals surface area contributed by atoms with Crippen molar-refractivity contribution in [2.24, 2.45) is 0 Å². The van der Waals surface area contributed by atoms with Gasteiger partial charge < -0.3 is 14.4 Å². The highest BCUT2D eigenvalue weighted by Gasteiger charge is 2.35. The van der Waals surface area contributed by atoms with Crippen LogP contribution in [-0.2, 0) is 19.6 Å². The van der Waals surface area contributed by atoms with Crippen molar-refractivity contribution in [3.05, 3.63) is 18.1 Å². The van der Waals surface area contributed by atoms with E-state index in [1.165, 1.54) is 13.3 Å². The minimum atomic E-state index is -3.38. The maximum absolute atomic E-state index is 12.6. The van der Waals surface area contributed by atoms with E-state index in [-0.39, 0.29) is 31.2 Å². The third-order valence-electron chi connectivity index (χ3n) is 3.97. The Morgan fingerprint density at radius 1 is 1.40 bits per heavy atom. The van der Waals surface area contributed by atoms with Gasteiger partial charge in [-0.2, -0.15) is 0 Å². The van der Waals surface area contributed by atoms with E-state index in [1.54, 1.807) is 18.0 Å². The summed E-state index contributed by atoms with van der Waals surface area (Å²) in [6.45, 7) is 2.32. The Bertz CT molecular complexity index is 697. The minimum Gasteiger partial charge on any atom is -0.466 e. The van der Waals surface area contributed by atoms with Crippen LogP contribution in [0.1, 0.15) is 18.5 Å². The SMILES string of the molecule is COC[C@H]1C(NS(C)(=O)=O)CCCN1C(=O)COc1nccnc1C. The van der Waals surface area contributed by atoms with Crippen molar-refractivity contribution in [1.29, 1.82) is 0 Å². The van der Waals surface area contributed by atoms with Crippen molar-refractivity contribution < 1.29 is 22.7 Å². The minimum absolute atomic E-state index is 0.189. The van der Waals surface area contributed by atoms with E-state index in [9.17, 15) is 13.2 Å². The number of amides is 1. The summed E-state index contributed by atoms with van der Waals surface area (Å²) in [5.41, 5.74) is 0.596. The van der Waals surface area contributed by atoms with E-state index in [1.807, 2.05) is 0 Å². The number of carbonyl (C=O) groups excluding carboxylic acids is 1. The summed E-state index contributed by atoms with van der Waals surface area (Å²) < 4.78 is 36.4. The number of likely N-dealkylation sites (tertiary alicyclic amines) is 1. The van der Waals surface area contributed by atoms with Crippen LogP contribution in [0.4, 0.5) is 0 Å². The average molecular weight is 372 g/mol. The van der Waals surface area contributed by atoms with Crippen molar-refractivity contribution in [3.8, 4) is 5.88 Å². The molecular formula is C15H24N4O5S. The highest BCUT2D eigenvalue weighted by molar-refractivity contribution is 7.88. The third-order valence-corrected chi connectivity index (χ3v) is 4.70. The van der Waals surface area contributed by atoms with Crippen LogP contribution in [0.3, 0.4) is 0 Å². The van der Waals surface area contributed by atoms with Crippen molar-refractivity contribution in [2.75, 3.05) is 33.1 Å². The number of carbonyl (C=O) groups is 1. The number of hydrogen-bond acceptors (Lipinski definition) is 7. The summed E-state index contributed by atoms with van der Waals surface area (Å²) in [6, 6.07) is -0.765. The fourth-order valence-electron chi connectivity index (χ4n) is 2.91. The van der Waals surface area contributed by atoms with Crippen LogP contribution in [0.25, 0.3) is 0 Å². The molecule has 1 N–H and O–H groups in total. The van der Waals surface area contributed by atoms with Crippen LogP contribution in [0.15, 0.2) is 12.4 Å². The second-order valence-electron chi connectivity index (χ2n) is 5.98. The fourth-order valence-corrected chi connectivity index (χ4v) is 3.73. The first-order chi connectivity index (χ1) is 11.8. The summed E-state index contributed by atoms with van der Waals surface area (Å²) in [6.07, 6.45) is 5.49. The molecule has 1 unspecified atom stereocenters. The van der Waals surface area contributed by atoms with Gasteiger partial charge in [0.15, 0.2) is 6.61 Å². The monoisotopic (exact) mass is 372 g/mol. The highest BCUT2D eigenvalue weighted by Crippen LogP contribution is 2.20. The zero-order valence-electron chi connectivity index (χ0n) is 14.6. The number of sulfonamides is 1. The van der Waals surface area contributed by atoms with E-state index in [4.69, 9.17) is 9.47 Å². The number of ether oxygens (including phenoxy) is 2. The first-order valence-electron chi connectivity index (χ1n) is 7.98. The normalized spacial score (nSPS) is 21.2. The Balaban J connectivity index is 2.06. The van der Waals surface area contributed by atoms with E-state index in [0.717, 1.165) is 6.26 Å². The quantitative estimate of drug-likeness (QED) is 0.701. The lowest BCUT2D eigenvalue weighted by Crippen LogP contribution is -2.59. The van der Waals surface area contributed by atoms with Crippen molar-refractivity contribution in [1.82, 2.24) is 19.6 Å². The van der Waals surface area contributed by atoms with Crippen LogP contribution in [0, 0.1) is 6.92 Å². The smallest absolute Gasteiger partial charge is 0.260 e. The van der Waals surface area contributed by atoms with Gasteiger partial charge in [-0.3, -0.25) is 9.78 Å². The van der Waals surface area contributed by atoms with Crippen molar-refractivity contribution >= 4 is 15.9 Å². The Hall–Kier alpha value is -1.78. The summed E-state index contributed by atoms with van der Waals surface area (Å²) in [4.78, 5) is 22.3.